The van der Waals surface area contributed by atoms with Crippen LogP contribution in [-0.2, 0) is 22.4 Å². The lowest BCUT2D eigenvalue weighted by Gasteiger charge is -2.01. The van der Waals surface area contributed by atoms with Crippen LogP contribution in [0.2, 0.25) is 0 Å². The van der Waals surface area contributed by atoms with Crippen LogP contribution in [0.1, 0.15) is 43.2 Å². The second-order valence-electron chi connectivity index (χ2n) is 6.60. The monoisotopic (exact) mass is 392 g/mol. The molecule has 6 nitrogen and oxygen atoms in total. The van der Waals surface area contributed by atoms with Gasteiger partial charge < -0.3 is 0 Å². The molecule has 0 fully saturated rings. The summed E-state index contributed by atoms with van der Waals surface area (Å²) in [5.41, 5.74) is 7.45. The average molecular weight is 393 g/mol. The lowest BCUT2D eigenvalue weighted by molar-refractivity contribution is -0.122. The summed E-state index contributed by atoms with van der Waals surface area (Å²) in [5.74, 6) is -0.389. The minimum atomic E-state index is -0.194. The minimum absolute atomic E-state index is 0.194. The maximum atomic E-state index is 11.7. The molecule has 152 valence electrons. The van der Waals surface area contributed by atoms with Crippen molar-refractivity contribution in [3.05, 3.63) is 71.8 Å². The van der Waals surface area contributed by atoms with E-state index in [0.717, 1.165) is 25.7 Å². The number of carbonyl (C=O) groups is 2. The number of nitrogens with one attached hydrogen (secondary N) is 2. The van der Waals surface area contributed by atoms with Crippen LogP contribution in [0.4, 0.5) is 0 Å². The first-order valence-corrected chi connectivity index (χ1v) is 9.92. The molecule has 0 bridgehead atoms. The van der Waals surface area contributed by atoms with Crippen molar-refractivity contribution in [1.82, 2.24) is 10.9 Å². The average Bonchev–Trinajstić information content (AvgIpc) is 2.75. The third kappa shape index (κ3) is 10.6. The van der Waals surface area contributed by atoms with E-state index in [-0.39, 0.29) is 24.7 Å². The molecular formula is C23H28N4O2. The van der Waals surface area contributed by atoms with Crippen molar-refractivity contribution in [3.63, 3.8) is 0 Å². The number of rotatable bonds is 12. The minimum Gasteiger partial charge on any atom is -0.273 e. The molecule has 0 radical (unpaired) electrons. The summed E-state index contributed by atoms with van der Waals surface area (Å²) in [4.78, 5) is 23.4. The van der Waals surface area contributed by atoms with Gasteiger partial charge in [-0.3, -0.25) is 9.59 Å². The number of benzene rings is 2. The lowest BCUT2D eigenvalue weighted by Crippen LogP contribution is -2.20. The number of hydrogen-bond acceptors (Lipinski definition) is 4. The van der Waals surface area contributed by atoms with E-state index < -0.39 is 0 Å². The summed E-state index contributed by atoms with van der Waals surface area (Å²) in [5, 5.41) is 7.86. The molecule has 0 saturated heterocycles. The van der Waals surface area contributed by atoms with E-state index in [1.807, 2.05) is 36.4 Å². The van der Waals surface area contributed by atoms with E-state index in [2.05, 4.69) is 45.3 Å². The second-order valence-corrected chi connectivity index (χ2v) is 6.60. The van der Waals surface area contributed by atoms with E-state index >= 15 is 0 Å². The summed E-state index contributed by atoms with van der Waals surface area (Å²) in [6, 6.07) is 20.2. The van der Waals surface area contributed by atoms with Gasteiger partial charge in [-0.1, -0.05) is 60.7 Å². The van der Waals surface area contributed by atoms with Crippen LogP contribution in [0.15, 0.2) is 70.9 Å². The molecule has 2 rings (SSSR count). The summed E-state index contributed by atoms with van der Waals surface area (Å²) < 4.78 is 0. The zero-order valence-corrected chi connectivity index (χ0v) is 16.6. The van der Waals surface area contributed by atoms with Crippen molar-refractivity contribution in [1.29, 1.82) is 0 Å². The topological polar surface area (TPSA) is 82.9 Å². The van der Waals surface area contributed by atoms with Gasteiger partial charge in [0.05, 0.1) is 0 Å². The van der Waals surface area contributed by atoms with E-state index in [1.54, 1.807) is 12.4 Å². The first kappa shape index (κ1) is 22.0. The maximum Gasteiger partial charge on any atom is 0.240 e. The molecule has 0 aliphatic carbocycles. The Hall–Kier alpha value is -3.28. The van der Waals surface area contributed by atoms with Gasteiger partial charge in [-0.15, -0.1) is 0 Å². The summed E-state index contributed by atoms with van der Waals surface area (Å²) in [7, 11) is 0. The molecule has 0 aromatic heterocycles. The van der Waals surface area contributed by atoms with Gasteiger partial charge >= 0.3 is 0 Å². The van der Waals surface area contributed by atoms with Crippen LogP contribution in [0.3, 0.4) is 0 Å². The van der Waals surface area contributed by atoms with Crippen molar-refractivity contribution >= 4 is 24.2 Å². The van der Waals surface area contributed by atoms with Crippen LogP contribution in [-0.4, -0.2) is 24.2 Å². The van der Waals surface area contributed by atoms with Gasteiger partial charge in [0.25, 0.3) is 0 Å². The van der Waals surface area contributed by atoms with Crippen LogP contribution < -0.4 is 10.9 Å². The standard InChI is InChI=1S/C23H28N4O2/c28-22(26-24-18-8-14-20-10-3-1-4-11-20)16-7-17-23(29)27-25-19-9-15-21-12-5-2-6-13-21/h1-6,10-13,18-19H,7-9,14-17H2,(H,26,28)(H,27,29)/b24-18+,25-19+. The molecule has 6 heteroatoms. The zero-order valence-electron chi connectivity index (χ0n) is 16.6. The number of nitrogens with zero attached hydrogens (tertiary/aromatic N) is 2. The van der Waals surface area contributed by atoms with Crippen molar-refractivity contribution in [2.75, 3.05) is 0 Å². The molecule has 2 N–H and O–H groups in total. The van der Waals surface area contributed by atoms with Gasteiger partial charge in [0.2, 0.25) is 11.8 Å². The van der Waals surface area contributed by atoms with Crippen molar-refractivity contribution in [2.45, 2.75) is 44.9 Å². The third-order valence-corrected chi connectivity index (χ3v) is 4.18. The highest BCUT2D eigenvalue weighted by Gasteiger charge is 2.03. The summed E-state index contributed by atoms with van der Waals surface area (Å²) in [6.45, 7) is 0. The Morgan fingerprint density at radius 1 is 0.690 bits per heavy atom. The van der Waals surface area contributed by atoms with Gasteiger partial charge in [-0.2, -0.15) is 10.2 Å². The number of amides is 2. The second kappa shape index (κ2) is 13.8. The largest absolute Gasteiger partial charge is 0.273 e. The molecular weight excluding hydrogens is 364 g/mol. The first-order valence-electron chi connectivity index (χ1n) is 9.92. The Balaban J connectivity index is 1.47. The van der Waals surface area contributed by atoms with E-state index in [1.165, 1.54) is 11.1 Å². The van der Waals surface area contributed by atoms with Crippen LogP contribution in [0, 0.1) is 0 Å². The van der Waals surface area contributed by atoms with Gasteiger partial charge in [0, 0.05) is 25.3 Å². The SMILES string of the molecule is O=C(CCCC(=O)N/N=C/CCc1ccccc1)N/N=C/CCc1ccccc1. The van der Waals surface area contributed by atoms with E-state index in [0.29, 0.717) is 6.42 Å². The summed E-state index contributed by atoms with van der Waals surface area (Å²) >= 11 is 0. The lowest BCUT2D eigenvalue weighted by atomic mass is 10.1. The number of hydrazone groups is 2. The van der Waals surface area contributed by atoms with Gasteiger partial charge in [-0.05, 0) is 43.2 Å². The molecule has 2 amide bonds. The molecule has 0 atom stereocenters. The smallest absolute Gasteiger partial charge is 0.240 e. The quantitative estimate of drug-likeness (QED) is 0.427. The Morgan fingerprint density at radius 2 is 1.10 bits per heavy atom. The van der Waals surface area contributed by atoms with Crippen LogP contribution in [0.25, 0.3) is 0 Å². The van der Waals surface area contributed by atoms with Crippen LogP contribution in [0.5, 0.6) is 0 Å². The Bertz CT molecular complexity index is 722. The predicted octanol–water partition coefficient (Wildman–Crippen LogP) is 3.63. The maximum absolute atomic E-state index is 11.7. The van der Waals surface area contributed by atoms with Crippen molar-refractivity contribution in [3.8, 4) is 0 Å². The highest BCUT2D eigenvalue weighted by molar-refractivity contribution is 5.79. The normalized spacial score (nSPS) is 11.0. The molecule has 2 aromatic rings. The molecule has 0 heterocycles. The zero-order chi connectivity index (χ0) is 20.6. The first-order chi connectivity index (χ1) is 14.2. The number of aryl methyl sites for hydroxylation is 2. The number of carbonyl (C=O) groups excluding carboxylic acids is 2. The number of hydrogen-bond donors (Lipinski definition) is 2. The molecule has 0 unspecified atom stereocenters. The fourth-order valence-corrected chi connectivity index (χ4v) is 2.64. The van der Waals surface area contributed by atoms with Gasteiger partial charge in [0.1, 0.15) is 0 Å². The Labute approximate surface area is 172 Å². The van der Waals surface area contributed by atoms with E-state index in [4.69, 9.17) is 0 Å². The highest BCUT2D eigenvalue weighted by Crippen LogP contribution is 2.02. The molecule has 2 aromatic carbocycles. The molecule has 0 aliphatic rings. The summed E-state index contributed by atoms with van der Waals surface area (Å²) in [6.07, 6.45) is 7.63. The Kier molecular flexibility index (Phi) is 10.5. The molecule has 0 saturated carbocycles. The van der Waals surface area contributed by atoms with Crippen molar-refractivity contribution < 1.29 is 9.59 Å². The third-order valence-electron chi connectivity index (χ3n) is 4.18. The highest BCUT2D eigenvalue weighted by atomic mass is 16.2. The van der Waals surface area contributed by atoms with Crippen molar-refractivity contribution in [2.24, 2.45) is 10.2 Å². The fraction of sp³-hybridized carbons (Fsp3) is 0.304. The van der Waals surface area contributed by atoms with Gasteiger partial charge in [-0.25, -0.2) is 10.9 Å². The molecule has 0 spiro atoms. The van der Waals surface area contributed by atoms with E-state index in [9.17, 15) is 9.59 Å². The van der Waals surface area contributed by atoms with Crippen LogP contribution >= 0.6 is 0 Å². The fourth-order valence-electron chi connectivity index (χ4n) is 2.64. The van der Waals surface area contributed by atoms with Gasteiger partial charge in [0.15, 0.2) is 0 Å². The molecule has 29 heavy (non-hydrogen) atoms. The molecule has 0 aliphatic heterocycles. The Morgan fingerprint density at radius 3 is 1.52 bits per heavy atom. The predicted molar refractivity (Wildman–Crippen MR) is 117 cm³/mol.